The summed E-state index contributed by atoms with van der Waals surface area (Å²) >= 11 is 0. The summed E-state index contributed by atoms with van der Waals surface area (Å²) in [5.74, 6) is 0. The van der Waals surface area contributed by atoms with Crippen molar-refractivity contribution in [3.8, 4) is 0 Å². The number of carbonyl (C=O) groups excluding carboxylic acids is 1. The van der Waals surface area contributed by atoms with Gasteiger partial charge in [0.15, 0.2) is 0 Å². The lowest BCUT2D eigenvalue weighted by Crippen LogP contribution is -2.23. The van der Waals surface area contributed by atoms with E-state index in [2.05, 4.69) is 15.3 Å². The van der Waals surface area contributed by atoms with E-state index in [9.17, 15) is 4.79 Å². The monoisotopic (exact) mass is 104 g/mol. The number of hydrazine groups is 1. The molecule has 1 aliphatic heterocycles. The molecule has 0 atom stereocenters. The molecule has 0 aromatic carbocycles. The zero-order valence-corrected chi connectivity index (χ0v) is 3.67. The van der Waals surface area contributed by atoms with E-state index >= 15 is 0 Å². The largest absolute Gasteiger partial charge is 0.550 e. The van der Waals surface area contributed by atoms with Gasteiger partial charge in [-0.1, -0.05) is 0 Å². The Morgan fingerprint density at radius 1 is 1.86 bits per heavy atom. The Bertz CT molecular complexity index is 92.9. The van der Waals surface area contributed by atoms with Gasteiger partial charge in [0.25, 0.3) is 0 Å². The zero-order chi connectivity index (χ0) is 5.28. The van der Waals surface area contributed by atoms with Crippen LogP contribution in [0.1, 0.15) is 0 Å². The predicted molar refractivity (Wildman–Crippen MR) is 18.5 cm³/mol. The summed E-state index contributed by atoms with van der Waals surface area (Å²) in [4.78, 5) is 18.2. The first-order valence-electron chi connectivity index (χ1n) is 1.67. The number of hydrogen-bond acceptors (Lipinski definition) is 5. The molecule has 0 aromatic heterocycles. The Labute approximate surface area is 39.7 Å². The molecular weight excluding hydrogens is 100 g/mol. The molecule has 0 amide bonds. The van der Waals surface area contributed by atoms with E-state index in [1.807, 2.05) is 0 Å². The van der Waals surface area contributed by atoms with E-state index in [0.717, 1.165) is 5.17 Å². The van der Waals surface area contributed by atoms with E-state index in [-0.39, 0.29) is 0 Å². The highest BCUT2D eigenvalue weighted by atomic mass is 17.0. The summed E-state index contributed by atoms with van der Waals surface area (Å²) in [5.41, 5.74) is 2.13. The van der Waals surface area contributed by atoms with E-state index in [4.69, 9.17) is 0 Å². The minimum atomic E-state index is -0.734. The third-order valence-corrected chi connectivity index (χ3v) is 0.469. The lowest BCUT2D eigenvalue weighted by Gasteiger charge is -1.95. The van der Waals surface area contributed by atoms with Crippen LogP contribution in [0.15, 0.2) is 0 Å². The summed E-state index contributed by atoms with van der Waals surface area (Å²) in [7, 11) is 1.50. The average molecular weight is 104 g/mol. The Kier molecular flexibility index (Phi) is 0.844. The van der Waals surface area contributed by atoms with Crippen LogP contribution in [0.5, 0.6) is 0 Å². The van der Waals surface area contributed by atoms with Gasteiger partial charge in [0.1, 0.15) is 0 Å². The molecule has 0 radical (unpaired) electrons. The number of hydroxylamine groups is 1. The van der Waals surface area contributed by atoms with E-state index in [1.165, 1.54) is 7.05 Å². The molecule has 1 saturated heterocycles. The van der Waals surface area contributed by atoms with Gasteiger partial charge >= 0.3 is 6.16 Å². The third kappa shape index (κ3) is 0.787. The molecule has 1 fully saturated rings. The van der Waals surface area contributed by atoms with Gasteiger partial charge in [0.2, 0.25) is 0 Å². The molecule has 0 unspecified atom stereocenters. The maximum Gasteiger partial charge on any atom is 0.550 e. The standard InChI is InChI=1S/C2H4N2O3/c1-4-3-6-2(5)7-4/h3H,1H3. The Morgan fingerprint density at radius 3 is 2.71 bits per heavy atom. The number of nitrogens with zero attached hydrogens (tertiary/aromatic N) is 1. The highest BCUT2D eigenvalue weighted by Crippen LogP contribution is 1.91. The maximum atomic E-state index is 9.90. The van der Waals surface area contributed by atoms with Crippen LogP contribution in [-0.2, 0) is 9.68 Å². The molecule has 1 rings (SSSR count). The average Bonchev–Trinajstić information content (AvgIpc) is 1.87. The lowest BCUT2D eigenvalue weighted by atomic mass is 11.4. The van der Waals surface area contributed by atoms with Crippen molar-refractivity contribution in [2.75, 3.05) is 7.05 Å². The summed E-state index contributed by atoms with van der Waals surface area (Å²) in [6, 6.07) is 0. The quantitative estimate of drug-likeness (QED) is 0.445. The lowest BCUT2D eigenvalue weighted by molar-refractivity contribution is -0.0950. The fraction of sp³-hybridized carbons (Fsp3) is 0.500. The van der Waals surface area contributed by atoms with Gasteiger partial charge in [-0.15, -0.1) is 0 Å². The highest BCUT2D eigenvalue weighted by Gasteiger charge is 2.17. The van der Waals surface area contributed by atoms with Crippen LogP contribution in [0.4, 0.5) is 4.79 Å². The topological polar surface area (TPSA) is 50.8 Å². The van der Waals surface area contributed by atoms with Crippen molar-refractivity contribution >= 4 is 6.16 Å². The minimum absolute atomic E-state index is 0.734. The highest BCUT2D eigenvalue weighted by molar-refractivity contribution is 5.59. The minimum Gasteiger partial charge on any atom is -0.318 e. The smallest absolute Gasteiger partial charge is 0.318 e. The van der Waals surface area contributed by atoms with E-state index < -0.39 is 6.16 Å². The fourth-order valence-electron chi connectivity index (χ4n) is 0.251. The van der Waals surface area contributed by atoms with Gasteiger partial charge < -0.3 is 9.68 Å². The van der Waals surface area contributed by atoms with Gasteiger partial charge in [-0.3, -0.25) is 0 Å². The molecule has 0 spiro atoms. The molecule has 1 N–H and O–H groups in total. The Morgan fingerprint density at radius 2 is 2.57 bits per heavy atom. The molecule has 0 aliphatic carbocycles. The molecule has 0 saturated carbocycles. The molecular formula is C2H4N2O3. The number of rotatable bonds is 0. The van der Waals surface area contributed by atoms with E-state index in [0.29, 0.717) is 0 Å². The molecule has 0 bridgehead atoms. The van der Waals surface area contributed by atoms with Gasteiger partial charge in [-0.05, 0) is 10.8 Å². The SMILES string of the molecule is CN1NOC(=O)O1. The molecule has 5 heteroatoms. The number of carbonyl (C=O) groups is 1. The van der Waals surface area contributed by atoms with Crippen molar-refractivity contribution in [3.63, 3.8) is 0 Å². The van der Waals surface area contributed by atoms with Crippen molar-refractivity contribution in [1.29, 1.82) is 0 Å². The number of hydrogen-bond donors (Lipinski definition) is 1. The van der Waals surface area contributed by atoms with Gasteiger partial charge in [0.05, 0.1) is 0 Å². The van der Waals surface area contributed by atoms with Gasteiger partial charge in [0, 0.05) is 7.05 Å². The molecule has 1 heterocycles. The van der Waals surface area contributed by atoms with Crippen LogP contribution in [0.25, 0.3) is 0 Å². The van der Waals surface area contributed by atoms with Crippen molar-refractivity contribution < 1.29 is 14.5 Å². The second kappa shape index (κ2) is 1.36. The second-order valence-corrected chi connectivity index (χ2v) is 1.03. The first-order valence-corrected chi connectivity index (χ1v) is 1.67. The van der Waals surface area contributed by atoms with Crippen LogP contribution < -0.4 is 5.59 Å². The summed E-state index contributed by atoms with van der Waals surface area (Å²) < 4.78 is 0. The van der Waals surface area contributed by atoms with Crippen molar-refractivity contribution in [1.82, 2.24) is 10.8 Å². The molecule has 1 aliphatic rings. The third-order valence-electron chi connectivity index (χ3n) is 0.469. The normalized spacial score (nSPS) is 21.6. The summed E-state index contributed by atoms with van der Waals surface area (Å²) in [6.45, 7) is 0. The van der Waals surface area contributed by atoms with Crippen LogP contribution in [0.3, 0.4) is 0 Å². The zero-order valence-electron chi connectivity index (χ0n) is 3.67. The molecule has 40 valence electrons. The molecule has 5 nitrogen and oxygen atoms in total. The first-order chi connectivity index (χ1) is 3.29. The Balaban J connectivity index is 2.40. The van der Waals surface area contributed by atoms with Crippen molar-refractivity contribution in [2.45, 2.75) is 0 Å². The van der Waals surface area contributed by atoms with Crippen LogP contribution >= 0.6 is 0 Å². The van der Waals surface area contributed by atoms with E-state index in [1.54, 1.807) is 0 Å². The molecule has 7 heavy (non-hydrogen) atoms. The second-order valence-electron chi connectivity index (χ2n) is 1.03. The van der Waals surface area contributed by atoms with Crippen LogP contribution in [0.2, 0.25) is 0 Å². The van der Waals surface area contributed by atoms with Crippen LogP contribution in [0, 0.1) is 0 Å². The van der Waals surface area contributed by atoms with Gasteiger partial charge in [-0.2, -0.15) is 4.79 Å². The summed E-state index contributed by atoms with van der Waals surface area (Å²) in [6.07, 6.45) is -0.734. The van der Waals surface area contributed by atoms with Crippen LogP contribution in [-0.4, -0.2) is 18.4 Å². The Hall–Kier alpha value is -0.810. The fourth-order valence-corrected chi connectivity index (χ4v) is 0.251. The molecule has 0 aromatic rings. The van der Waals surface area contributed by atoms with Gasteiger partial charge in [-0.25, -0.2) is 0 Å². The predicted octanol–water partition coefficient (Wildman–Crippen LogP) is -0.580. The van der Waals surface area contributed by atoms with Crippen molar-refractivity contribution in [3.05, 3.63) is 0 Å². The van der Waals surface area contributed by atoms with Crippen molar-refractivity contribution in [2.24, 2.45) is 0 Å². The summed E-state index contributed by atoms with van der Waals surface area (Å²) in [5, 5.41) is 1.06. The first kappa shape index (κ1) is 4.35. The maximum absolute atomic E-state index is 9.90. The number of nitrogens with one attached hydrogen (secondary N) is 1.